The molecule has 2 rings (SSSR count). The molecule has 1 heterocycles. The summed E-state index contributed by atoms with van der Waals surface area (Å²) in [6, 6.07) is 10.4. The van der Waals surface area contributed by atoms with Gasteiger partial charge in [0.1, 0.15) is 12.5 Å². The second kappa shape index (κ2) is 4.56. The van der Waals surface area contributed by atoms with E-state index in [0.717, 1.165) is 18.7 Å². The second-order valence-corrected chi connectivity index (χ2v) is 3.19. The molecule has 0 saturated heterocycles. The molecule has 0 amide bonds. The Hall–Kier alpha value is -1.64. The molecule has 0 radical (unpaired) electrons. The van der Waals surface area contributed by atoms with Crippen molar-refractivity contribution in [2.45, 2.75) is 12.8 Å². The molecule has 1 N–H and O–H groups in total. The first-order valence-electron chi connectivity index (χ1n) is 4.77. The minimum Gasteiger partial charge on any atom is -0.335 e. The third kappa shape index (κ3) is 2.42. The van der Waals surface area contributed by atoms with Gasteiger partial charge in [-0.15, -0.1) is 0 Å². The van der Waals surface area contributed by atoms with Gasteiger partial charge in [0.05, 0.1) is 6.34 Å². The van der Waals surface area contributed by atoms with Crippen LogP contribution in [-0.4, -0.2) is 18.8 Å². The molecule has 0 aromatic heterocycles. The highest BCUT2D eigenvalue weighted by Gasteiger charge is 2.00. The van der Waals surface area contributed by atoms with Crippen LogP contribution in [0.25, 0.3) is 0 Å². The van der Waals surface area contributed by atoms with Crippen LogP contribution in [-0.2, 0) is 6.42 Å². The van der Waals surface area contributed by atoms with Crippen LogP contribution in [0.1, 0.15) is 12.0 Å². The van der Waals surface area contributed by atoms with Crippen LogP contribution >= 0.6 is 0 Å². The molecule has 72 valence electrons. The molecule has 0 bridgehead atoms. The number of nitrogens with one attached hydrogen (secondary N) is 1. The van der Waals surface area contributed by atoms with E-state index < -0.39 is 0 Å². The summed E-state index contributed by atoms with van der Waals surface area (Å²) in [5.74, 6) is 1.03. The van der Waals surface area contributed by atoms with E-state index in [0.29, 0.717) is 6.67 Å². The van der Waals surface area contributed by atoms with Crippen LogP contribution in [0.4, 0.5) is 0 Å². The lowest BCUT2D eigenvalue weighted by Crippen LogP contribution is -2.25. The van der Waals surface area contributed by atoms with Gasteiger partial charge in [-0.3, -0.25) is 4.99 Å². The van der Waals surface area contributed by atoms with Crippen molar-refractivity contribution in [3.63, 3.8) is 0 Å². The average molecular weight is 187 g/mol. The fraction of sp³-hybridized carbons (Fsp3) is 0.273. The molecule has 3 nitrogen and oxygen atoms in total. The lowest BCUT2D eigenvalue weighted by molar-refractivity contribution is 0.944. The van der Waals surface area contributed by atoms with Gasteiger partial charge in [0.25, 0.3) is 0 Å². The van der Waals surface area contributed by atoms with Crippen molar-refractivity contribution < 1.29 is 0 Å². The van der Waals surface area contributed by atoms with Crippen molar-refractivity contribution in [1.29, 1.82) is 0 Å². The first-order valence-corrected chi connectivity index (χ1v) is 4.77. The molecule has 1 aliphatic rings. The quantitative estimate of drug-likeness (QED) is 0.766. The smallest absolute Gasteiger partial charge is 0.133 e. The molecule has 3 heteroatoms. The first-order chi connectivity index (χ1) is 6.95. The molecule has 0 atom stereocenters. The van der Waals surface area contributed by atoms with Crippen LogP contribution in [0.5, 0.6) is 0 Å². The number of benzene rings is 1. The summed E-state index contributed by atoms with van der Waals surface area (Å²) in [4.78, 5) is 8.21. The average Bonchev–Trinajstić information content (AvgIpc) is 2.29. The van der Waals surface area contributed by atoms with Crippen molar-refractivity contribution in [3.8, 4) is 0 Å². The van der Waals surface area contributed by atoms with Gasteiger partial charge in [-0.25, -0.2) is 4.99 Å². The van der Waals surface area contributed by atoms with Gasteiger partial charge >= 0.3 is 0 Å². The molecule has 1 aliphatic heterocycles. The SMILES string of the molecule is C1=NCN=C(CCc2ccccc2)N1. The van der Waals surface area contributed by atoms with E-state index in [1.54, 1.807) is 6.34 Å². The Morgan fingerprint density at radius 2 is 2.00 bits per heavy atom. The molecular weight excluding hydrogens is 174 g/mol. The fourth-order valence-corrected chi connectivity index (χ4v) is 1.39. The Kier molecular flexibility index (Phi) is 2.91. The maximum atomic E-state index is 4.25. The third-order valence-electron chi connectivity index (χ3n) is 2.16. The number of rotatable bonds is 3. The fourth-order valence-electron chi connectivity index (χ4n) is 1.39. The standard InChI is InChI=1S/C11H13N3/c1-2-4-10(5-3-1)6-7-11-13-8-12-9-14-11/h1-5,8H,6-7,9H2,(H,12,13,14). The topological polar surface area (TPSA) is 36.8 Å². The molecule has 0 spiro atoms. The first kappa shape index (κ1) is 8.94. The maximum absolute atomic E-state index is 4.25. The number of hydrogen-bond donors (Lipinski definition) is 1. The van der Waals surface area contributed by atoms with Gasteiger partial charge in [0, 0.05) is 6.42 Å². The van der Waals surface area contributed by atoms with Gasteiger partial charge < -0.3 is 5.32 Å². The van der Waals surface area contributed by atoms with Gasteiger partial charge in [0.2, 0.25) is 0 Å². The van der Waals surface area contributed by atoms with E-state index in [4.69, 9.17) is 0 Å². The van der Waals surface area contributed by atoms with E-state index >= 15 is 0 Å². The van der Waals surface area contributed by atoms with E-state index in [1.807, 2.05) is 6.07 Å². The predicted molar refractivity (Wildman–Crippen MR) is 58.7 cm³/mol. The molecule has 14 heavy (non-hydrogen) atoms. The van der Waals surface area contributed by atoms with Crippen molar-refractivity contribution in [2.24, 2.45) is 9.98 Å². The van der Waals surface area contributed by atoms with Gasteiger partial charge in [0.15, 0.2) is 0 Å². The monoisotopic (exact) mass is 187 g/mol. The Morgan fingerprint density at radius 3 is 2.71 bits per heavy atom. The Balaban J connectivity index is 1.86. The number of hydrogen-bond acceptors (Lipinski definition) is 3. The summed E-state index contributed by atoms with van der Waals surface area (Å²) in [7, 11) is 0. The molecule has 0 saturated carbocycles. The normalized spacial score (nSPS) is 14.7. The highest BCUT2D eigenvalue weighted by Crippen LogP contribution is 2.03. The van der Waals surface area contributed by atoms with Crippen molar-refractivity contribution in [2.75, 3.05) is 6.67 Å². The largest absolute Gasteiger partial charge is 0.335 e. The number of nitrogens with zero attached hydrogens (tertiary/aromatic N) is 2. The van der Waals surface area contributed by atoms with Crippen molar-refractivity contribution in [1.82, 2.24) is 5.32 Å². The number of aryl methyl sites for hydroxylation is 1. The van der Waals surface area contributed by atoms with Crippen LogP contribution < -0.4 is 5.32 Å². The molecule has 0 unspecified atom stereocenters. The second-order valence-electron chi connectivity index (χ2n) is 3.19. The summed E-state index contributed by atoms with van der Waals surface area (Å²) in [5.41, 5.74) is 1.35. The summed E-state index contributed by atoms with van der Waals surface area (Å²) in [5, 5.41) is 3.05. The zero-order valence-electron chi connectivity index (χ0n) is 7.98. The van der Waals surface area contributed by atoms with Gasteiger partial charge in [-0.2, -0.15) is 0 Å². The predicted octanol–water partition coefficient (Wildman–Crippen LogP) is 1.61. The van der Waals surface area contributed by atoms with Gasteiger partial charge in [-0.1, -0.05) is 30.3 Å². The lowest BCUT2D eigenvalue weighted by atomic mass is 10.1. The van der Waals surface area contributed by atoms with Crippen LogP contribution in [0.2, 0.25) is 0 Å². The maximum Gasteiger partial charge on any atom is 0.133 e. The van der Waals surface area contributed by atoms with Crippen LogP contribution in [0.3, 0.4) is 0 Å². The number of amidine groups is 1. The Labute approximate surface area is 83.6 Å². The zero-order valence-corrected chi connectivity index (χ0v) is 7.98. The lowest BCUT2D eigenvalue weighted by Gasteiger charge is -2.08. The summed E-state index contributed by atoms with van der Waals surface area (Å²) in [6.07, 6.45) is 3.70. The van der Waals surface area contributed by atoms with Crippen molar-refractivity contribution in [3.05, 3.63) is 35.9 Å². The highest BCUT2D eigenvalue weighted by molar-refractivity contribution is 5.92. The molecule has 1 aromatic rings. The minimum absolute atomic E-state index is 0.567. The summed E-state index contributed by atoms with van der Waals surface area (Å²) >= 11 is 0. The Bertz CT molecular complexity index is 341. The van der Waals surface area contributed by atoms with E-state index in [-0.39, 0.29) is 0 Å². The van der Waals surface area contributed by atoms with E-state index in [9.17, 15) is 0 Å². The minimum atomic E-state index is 0.567. The number of aliphatic imine (C=N–C) groups is 2. The third-order valence-corrected chi connectivity index (χ3v) is 2.16. The molecule has 1 aromatic carbocycles. The molecular formula is C11H13N3. The zero-order chi connectivity index (χ0) is 9.64. The van der Waals surface area contributed by atoms with Crippen LogP contribution in [0.15, 0.2) is 40.3 Å². The Morgan fingerprint density at radius 1 is 1.14 bits per heavy atom. The van der Waals surface area contributed by atoms with Crippen LogP contribution in [0, 0.1) is 0 Å². The van der Waals surface area contributed by atoms with E-state index in [1.165, 1.54) is 5.56 Å². The summed E-state index contributed by atoms with van der Waals surface area (Å²) < 4.78 is 0. The van der Waals surface area contributed by atoms with E-state index in [2.05, 4.69) is 39.6 Å². The highest BCUT2D eigenvalue weighted by atomic mass is 15.1. The van der Waals surface area contributed by atoms with Gasteiger partial charge in [-0.05, 0) is 12.0 Å². The summed E-state index contributed by atoms with van der Waals surface area (Å²) in [6.45, 7) is 0.567. The molecule has 0 fully saturated rings. The molecule has 0 aliphatic carbocycles. The van der Waals surface area contributed by atoms with Crippen molar-refractivity contribution >= 4 is 12.2 Å².